The summed E-state index contributed by atoms with van der Waals surface area (Å²) in [5, 5.41) is 0.990. The molecule has 88 valence electrons. The van der Waals surface area contributed by atoms with Crippen molar-refractivity contribution in [2.45, 2.75) is 13.2 Å². The lowest BCUT2D eigenvalue weighted by Crippen LogP contribution is -2.54. The molecule has 0 atom stereocenters. The highest BCUT2D eigenvalue weighted by atomic mass is 19.4. The van der Waals surface area contributed by atoms with Gasteiger partial charge < -0.3 is 9.80 Å². The number of amides is 2. The summed E-state index contributed by atoms with van der Waals surface area (Å²) < 4.78 is 35.5. The molecule has 15 heavy (non-hydrogen) atoms. The molecule has 1 saturated heterocycles. The number of carbonyl (C=O) groups is 1. The van der Waals surface area contributed by atoms with Crippen LogP contribution in [0.2, 0.25) is 0 Å². The molecule has 1 aliphatic heterocycles. The molecule has 0 radical (unpaired) electrons. The Balaban J connectivity index is 2.37. The van der Waals surface area contributed by atoms with E-state index < -0.39 is 12.3 Å². The van der Waals surface area contributed by atoms with Gasteiger partial charge in [0.15, 0.2) is 0 Å². The van der Waals surface area contributed by atoms with Gasteiger partial charge >= 0.3 is 12.3 Å². The van der Waals surface area contributed by atoms with Gasteiger partial charge in [0.05, 0.1) is 0 Å². The molecule has 1 heterocycles. The normalized spacial score (nSPS) is 19.1. The average Bonchev–Trinajstić information content (AvgIpc) is 2.15. The zero-order chi connectivity index (χ0) is 11.5. The number of carbonyl (C=O) groups excluding carboxylic acids is 1. The Hall–Kier alpha value is -0.980. The summed E-state index contributed by atoms with van der Waals surface area (Å²) in [4.78, 5) is 14.3. The number of piperazine rings is 1. The molecule has 0 spiro atoms. The highest BCUT2D eigenvalue weighted by molar-refractivity contribution is 5.74. The molecule has 1 rings (SSSR count). The minimum Gasteiger partial charge on any atom is -0.322 e. The van der Waals surface area contributed by atoms with Crippen LogP contribution in [0.15, 0.2) is 0 Å². The predicted molar refractivity (Wildman–Crippen MR) is 48.3 cm³/mol. The van der Waals surface area contributed by atoms with Crippen molar-refractivity contribution in [3.05, 3.63) is 0 Å². The van der Waals surface area contributed by atoms with E-state index in [1.54, 1.807) is 0 Å². The van der Waals surface area contributed by atoms with E-state index in [1.165, 1.54) is 4.90 Å². The Morgan fingerprint density at radius 1 is 1.27 bits per heavy atom. The quantitative estimate of drug-likeness (QED) is 0.672. The van der Waals surface area contributed by atoms with Crippen molar-refractivity contribution in [3.8, 4) is 0 Å². The van der Waals surface area contributed by atoms with Crippen molar-refractivity contribution in [3.63, 3.8) is 0 Å². The second kappa shape index (κ2) is 4.69. The van der Waals surface area contributed by atoms with E-state index in [1.807, 2.05) is 6.92 Å². The van der Waals surface area contributed by atoms with Crippen molar-refractivity contribution in [2.75, 3.05) is 32.7 Å². The fraction of sp³-hybridized carbons (Fsp3) is 0.875. The van der Waals surface area contributed by atoms with Crippen LogP contribution < -0.4 is 5.32 Å². The Morgan fingerprint density at radius 3 is 2.20 bits per heavy atom. The number of hydrogen-bond donors (Lipinski definition) is 1. The summed E-state index contributed by atoms with van der Waals surface area (Å²) in [6.07, 6.45) is -4.64. The van der Waals surface area contributed by atoms with Gasteiger partial charge in [-0.25, -0.2) is 10.1 Å². The number of urea groups is 1. The summed E-state index contributed by atoms with van der Waals surface area (Å²) >= 11 is 0. The maximum atomic E-state index is 11.8. The predicted octanol–water partition coefficient (Wildman–Crippen LogP) is 0.853. The number of halogens is 3. The monoisotopic (exact) mass is 225 g/mol. The van der Waals surface area contributed by atoms with Gasteiger partial charge in [-0.05, 0) is 6.54 Å². The molecule has 1 aliphatic rings. The van der Waals surface area contributed by atoms with Crippen molar-refractivity contribution < 1.29 is 18.0 Å². The first kappa shape index (κ1) is 12.1. The lowest BCUT2D eigenvalue weighted by Gasteiger charge is -2.34. The Morgan fingerprint density at radius 2 is 1.80 bits per heavy atom. The van der Waals surface area contributed by atoms with E-state index in [0.29, 0.717) is 26.2 Å². The molecule has 0 aromatic rings. The van der Waals surface area contributed by atoms with Crippen LogP contribution in [0.3, 0.4) is 0 Å². The maximum Gasteiger partial charge on any atom is 0.485 e. The lowest BCUT2D eigenvalue weighted by molar-refractivity contribution is -0.147. The Bertz CT molecular complexity index is 224. The zero-order valence-corrected chi connectivity index (χ0v) is 8.47. The first-order chi connectivity index (χ1) is 6.92. The molecule has 1 fully saturated rings. The van der Waals surface area contributed by atoms with Gasteiger partial charge in [-0.1, -0.05) is 6.92 Å². The third kappa shape index (κ3) is 3.94. The number of hydrogen-bond acceptors (Lipinski definition) is 2. The van der Waals surface area contributed by atoms with Crippen LogP contribution in [0.5, 0.6) is 0 Å². The highest BCUT2D eigenvalue weighted by Crippen LogP contribution is 2.11. The molecule has 0 aromatic heterocycles. The molecule has 7 heteroatoms. The highest BCUT2D eigenvalue weighted by Gasteiger charge is 2.33. The summed E-state index contributed by atoms with van der Waals surface area (Å²) in [7, 11) is 0. The molecule has 0 unspecified atom stereocenters. The molecule has 0 aliphatic carbocycles. The standard InChI is InChI=1S/C8H14F3N3O/c1-2-13-3-5-14(6-4-13)7(15)12-8(9,10)11/h2-6H2,1H3,(H,12,15). The molecular formula is C8H14F3N3O. The van der Waals surface area contributed by atoms with Crippen molar-refractivity contribution in [1.82, 2.24) is 15.1 Å². The Kier molecular flexibility index (Phi) is 3.78. The fourth-order valence-corrected chi connectivity index (χ4v) is 1.47. The van der Waals surface area contributed by atoms with E-state index in [2.05, 4.69) is 4.90 Å². The van der Waals surface area contributed by atoms with Gasteiger partial charge in [0.2, 0.25) is 0 Å². The molecule has 4 nitrogen and oxygen atoms in total. The van der Waals surface area contributed by atoms with Crippen molar-refractivity contribution >= 4 is 6.03 Å². The number of rotatable bonds is 1. The van der Waals surface area contributed by atoms with Gasteiger partial charge in [-0.2, -0.15) is 13.2 Å². The maximum absolute atomic E-state index is 11.8. The smallest absolute Gasteiger partial charge is 0.322 e. The third-order valence-electron chi connectivity index (χ3n) is 2.36. The van der Waals surface area contributed by atoms with Crippen molar-refractivity contribution in [2.24, 2.45) is 0 Å². The van der Waals surface area contributed by atoms with Crippen LogP contribution in [0.1, 0.15) is 6.92 Å². The molecule has 0 bridgehead atoms. The number of nitrogens with one attached hydrogen (secondary N) is 1. The van der Waals surface area contributed by atoms with Gasteiger partial charge in [0.1, 0.15) is 0 Å². The van der Waals surface area contributed by atoms with Crippen LogP contribution in [-0.4, -0.2) is 54.9 Å². The van der Waals surface area contributed by atoms with Crippen LogP contribution in [0.4, 0.5) is 18.0 Å². The minimum atomic E-state index is -4.64. The van der Waals surface area contributed by atoms with E-state index in [0.717, 1.165) is 11.9 Å². The number of likely N-dealkylation sites (N-methyl/N-ethyl adjacent to an activating group) is 1. The van der Waals surface area contributed by atoms with Crippen LogP contribution in [0.25, 0.3) is 0 Å². The topological polar surface area (TPSA) is 35.6 Å². The second-order valence-electron chi connectivity index (χ2n) is 3.35. The van der Waals surface area contributed by atoms with Crippen molar-refractivity contribution in [1.29, 1.82) is 0 Å². The van der Waals surface area contributed by atoms with E-state index in [4.69, 9.17) is 0 Å². The fourth-order valence-electron chi connectivity index (χ4n) is 1.47. The van der Waals surface area contributed by atoms with Gasteiger partial charge in [-0.15, -0.1) is 0 Å². The van der Waals surface area contributed by atoms with Crippen LogP contribution in [-0.2, 0) is 0 Å². The largest absolute Gasteiger partial charge is 0.485 e. The summed E-state index contributed by atoms with van der Waals surface area (Å²) in [6.45, 7) is 4.77. The molecular weight excluding hydrogens is 211 g/mol. The van der Waals surface area contributed by atoms with Gasteiger partial charge in [0.25, 0.3) is 0 Å². The molecule has 0 aromatic carbocycles. The Labute approximate surface area is 86.0 Å². The van der Waals surface area contributed by atoms with E-state index in [-0.39, 0.29) is 0 Å². The number of nitrogens with zero attached hydrogens (tertiary/aromatic N) is 2. The van der Waals surface area contributed by atoms with Crippen LogP contribution in [0, 0.1) is 0 Å². The summed E-state index contributed by atoms with van der Waals surface area (Å²) in [5.74, 6) is 0. The minimum absolute atomic E-state index is 0.343. The first-order valence-electron chi connectivity index (χ1n) is 4.78. The van der Waals surface area contributed by atoms with E-state index in [9.17, 15) is 18.0 Å². The average molecular weight is 225 g/mol. The SMILES string of the molecule is CCN1CCN(C(=O)NC(F)(F)F)CC1. The summed E-state index contributed by atoms with van der Waals surface area (Å²) in [6, 6.07) is -1.06. The molecule has 1 N–H and O–H groups in total. The first-order valence-corrected chi connectivity index (χ1v) is 4.78. The molecule has 0 saturated carbocycles. The zero-order valence-electron chi connectivity index (χ0n) is 8.47. The molecule has 2 amide bonds. The van der Waals surface area contributed by atoms with Crippen LogP contribution >= 0.6 is 0 Å². The lowest BCUT2D eigenvalue weighted by atomic mass is 10.3. The third-order valence-corrected chi connectivity index (χ3v) is 2.36. The summed E-state index contributed by atoms with van der Waals surface area (Å²) in [5.41, 5.74) is 0. The van der Waals surface area contributed by atoms with E-state index >= 15 is 0 Å². The number of alkyl halides is 3. The second-order valence-corrected chi connectivity index (χ2v) is 3.35. The van der Waals surface area contributed by atoms with Gasteiger partial charge in [0, 0.05) is 26.2 Å². The van der Waals surface area contributed by atoms with Gasteiger partial charge in [-0.3, -0.25) is 0 Å².